The number of rotatable bonds is 4. The van der Waals surface area contributed by atoms with Crippen molar-refractivity contribution in [2.45, 2.75) is 57.9 Å². The van der Waals surface area contributed by atoms with E-state index in [1.165, 1.54) is 25.7 Å². The second-order valence-electron chi connectivity index (χ2n) is 6.20. The highest BCUT2D eigenvalue weighted by molar-refractivity contribution is 5.78. The maximum atomic E-state index is 12.3. The van der Waals surface area contributed by atoms with Crippen LogP contribution < -0.4 is 5.32 Å². The van der Waals surface area contributed by atoms with E-state index >= 15 is 0 Å². The summed E-state index contributed by atoms with van der Waals surface area (Å²) in [6.07, 6.45) is 10.8. The van der Waals surface area contributed by atoms with Crippen molar-refractivity contribution in [3.63, 3.8) is 0 Å². The van der Waals surface area contributed by atoms with Crippen LogP contribution in [0, 0.1) is 6.92 Å². The maximum Gasteiger partial charge on any atom is 0.228 e. The Bertz CT molecular complexity index is 644. The Morgan fingerprint density at radius 1 is 1.30 bits per heavy atom. The molecular formula is C18H23N3O2. The summed E-state index contributed by atoms with van der Waals surface area (Å²) in [5.74, 6) is 1.25. The van der Waals surface area contributed by atoms with Gasteiger partial charge in [0.05, 0.1) is 17.7 Å². The van der Waals surface area contributed by atoms with Crippen LogP contribution in [0.15, 0.2) is 28.9 Å². The van der Waals surface area contributed by atoms with Crippen molar-refractivity contribution < 1.29 is 9.21 Å². The summed E-state index contributed by atoms with van der Waals surface area (Å²) in [7, 11) is 0. The lowest BCUT2D eigenvalue weighted by Gasteiger charge is -2.15. The molecule has 1 aliphatic carbocycles. The summed E-state index contributed by atoms with van der Waals surface area (Å²) in [6.45, 7) is 1.85. The van der Waals surface area contributed by atoms with Gasteiger partial charge < -0.3 is 9.73 Å². The fourth-order valence-electron chi connectivity index (χ4n) is 3.06. The molecule has 0 saturated heterocycles. The van der Waals surface area contributed by atoms with Gasteiger partial charge in [0.15, 0.2) is 0 Å². The van der Waals surface area contributed by atoms with Gasteiger partial charge >= 0.3 is 0 Å². The van der Waals surface area contributed by atoms with Crippen LogP contribution in [0.2, 0.25) is 0 Å². The number of amides is 1. The molecule has 5 heteroatoms. The van der Waals surface area contributed by atoms with Crippen molar-refractivity contribution in [3.05, 3.63) is 36.0 Å². The Kier molecular flexibility index (Phi) is 5.05. The molecule has 0 aromatic carbocycles. The normalized spacial score (nSPS) is 16.0. The number of hydrogen-bond acceptors (Lipinski definition) is 4. The minimum Gasteiger partial charge on any atom is -0.441 e. The molecule has 2 heterocycles. The van der Waals surface area contributed by atoms with Crippen LogP contribution in [-0.2, 0) is 11.2 Å². The zero-order valence-electron chi connectivity index (χ0n) is 13.5. The molecule has 23 heavy (non-hydrogen) atoms. The topological polar surface area (TPSA) is 68.0 Å². The van der Waals surface area contributed by atoms with Gasteiger partial charge in [0.2, 0.25) is 11.8 Å². The Labute approximate surface area is 136 Å². The zero-order valence-corrected chi connectivity index (χ0v) is 13.5. The van der Waals surface area contributed by atoms with E-state index in [0.717, 1.165) is 18.4 Å². The fourth-order valence-corrected chi connectivity index (χ4v) is 3.06. The molecule has 1 N–H and O–H groups in total. The van der Waals surface area contributed by atoms with E-state index in [-0.39, 0.29) is 12.3 Å². The highest BCUT2D eigenvalue weighted by Crippen LogP contribution is 2.21. The van der Waals surface area contributed by atoms with Gasteiger partial charge in [-0.05, 0) is 31.9 Å². The van der Waals surface area contributed by atoms with E-state index in [1.807, 2.05) is 19.1 Å². The Balaban J connectivity index is 1.63. The maximum absolute atomic E-state index is 12.3. The first-order valence-electron chi connectivity index (χ1n) is 8.38. The second-order valence-corrected chi connectivity index (χ2v) is 6.20. The van der Waals surface area contributed by atoms with Crippen LogP contribution >= 0.6 is 0 Å². The summed E-state index contributed by atoms with van der Waals surface area (Å²) in [4.78, 5) is 20.8. The average molecular weight is 313 g/mol. The first-order valence-corrected chi connectivity index (χ1v) is 8.38. The molecule has 1 fully saturated rings. The first kappa shape index (κ1) is 15.7. The molecule has 0 radical (unpaired) electrons. The number of nitrogens with one attached hydrogen (secondary N) is 1. The van der Waals surface area contributed by atoms with Gasteiger partial charge in [-0.15, -0.1) is 0 Å². The van der Waals surface area contributed by atoms with Crippen molar-refractivity contribution in [3.8, 4) is 11.5 Å². The molecule has 2 aromatic rings. The van der Waals surface area contributed by atoms with Gasteiger partial charge in [0.1, 0.15) is 5.76 Å². The average Bonchev–Trinajstić information content (AvgIpc) is 2.75. The lowest BCUT2D eigenvalue weighted by atomic mass is 10.1. The van der Waals surface area contributed by atoms with Gasteiger partial charge in [-0.1, -0.05) is 25.7 Å². The number of oxazole rings is 1. The van der Waals surface area contributed by atoms with Crippen LogP contribution in [0.3, 0.4) is 0 Å². The minimum atomic E-state index is 0.0334. The summed E-state index contributed by atoms with van der Waals surface area (Å²) < 4.78 is 5.68. The van der Waals surface area contributed by atoms with Gasteiger partial charge in [-0.25, -0.2) is 4.98 Å². The standard InChI is InChI=1S/C18H23N3O2/c1-13-16(21-18(23-13)14-7-6-10-19-12-14)11-17(22)20-15-8-4-2-3-5-9-15/h6-7,10,12,15H,2-5,8-9,11H2,1H3,(H,20,22). The van der Waals surface area contributed by atoms with Gasteiger partial charge in [-0.3, -0.25) is 9.78 Å². The molecule has 0 spiro atoms. The highest BCUT2D eigenvalue weighted by atomic mass is 16.4. The zero-order chi connectivity index (χ0) is 16.1. The Hall–Kier alpha value is -2.17. The molecule has 5 nitrogen and oxygen atoms in total. The molecule has 3 rings (SSSR count). The number of hydrogen-bond donors (Lipinski definition) is 1. The lowest BCUT2D eigenvalue weighted by Crippen LogP contribution is -2.35. The molecule has 0 unspecified atom stereocenters. The summed E-state index contributed by atoms with van der Waals surface area (Å²) in [5, 5.41) is 3.15. The SMILES string of the molecule is Cc1oc(-c2cccnc2)nc1CC(=O)NC1CCCCCC1. The minimum absolute atomic E-state index is 0.0334. The van der Waals surface area contributed by atoms with Gasteiger partial charge in [0, 0.05) is 18.4 Å². The Morgan fingerprint density at radius 3 is 2.78 bits per heavy atom. The molecule has 0 aliphatic heterocycles. The van der Waals surface area contributed by atoms with Crippen LogP contribution in [0.1, 0.15) is 50.0 Å². The highest BCUT2D eigenvalue weighted by Gasteiger charge is 2.18. The van der Waals surface area contributed by atoms with E-state index in [0.29, 0.717) is 23.4 Å². The van der Waals surface area contributed by atoms with Crippen molar-refractivity contribution in [2.24, 2.45) is 0 Å². The predicted molar refractivity (Wildman–Crippen MR) is 87.8 cm³/mol. The quantitative estimate of drug-likeness (QED) is 0.878. The number of nitrogens with zero attached hydrogens (tertiary/aromatic N) is 2. The molecule has 0 atom stereocenters. The second kappa shape index (κ2) is 7.40. The Morgan fingerprint density at radius 2 is 2.09 bits per heavy atom. The predicted octanol–water partition coefficient (Wildman–Crippen LogP) is 3.43. The number of aromatic nitrogens is 2. The number of aryl methyl sites for hydroxylation is 1. The summed E-state index contributed by atoms with van der Waals surface area (Å²) in [5.41, 5.74) is 1.53. The first-order chi connectivity index (χ1) is 11.2. The third kappa shape index (κ3) is 4.18. The van der Waals surface area contributed by atoms with E-state index in [9.17, 15) is 4.79 Å². The van der Waals surface area contributed by atoms with Crippen LogP contribution in [0.5, 0.6) is 0 Å². The van der Waals surface area contributed by atoms with E-state index < -0.39 is 0 Å². The van der Waals surface area contributed by atoms with E-state index in [1.54, 1.807) is 12.4 Å². The lowest BCUT2D eigenvalue weighted by molar-refractivity contribution is -0.121. The third-order valence-corrected chi connectivity index (χ3v) is 4.35. The van der Waals surface area contributed by atoms with Crippen LogP contribution in [0.25, 0.3) is 11.5 Å². The molecule has 122 valence electrons. The van der Waals surface area contributed by atoms with Gasteiger partial charge in [0.25, 0.3) is 0 Å². The number of carbonyl (C=O) groups excluding carboxylic acids is 1. The van der Waals surface area contributed by atoms with E-state index in [2.05, 4.69) is 15.3 Å². The van der Waals surface area contributed by atoms with Crippen molar-refractivity contribution in [1.29, 1.82) is 0 Å². The molecule has 1 aliphatic rings. The number of carbonyl (C=O) groups is 1. The largest absolute Gasteiger partial charge is 0.441 e. The van der Waals surface area contributed by atoms with Crippen molar-refractivity contribution in [1.82, 2.24) is 15.3 Å². The van der Waals surface area contributed by atoms with Crippen molar-refractivity contribution in [2.75, 3.05) is 0 Å². The third-order valence-electron chi connectivity index (χ3n) is 4.35. The molecule has 1 saturated carbocycles. The molecule has 1 amide bonds. The number of pyridine rings is 1. The smallest absolute Gasteiger partial charge is 0.228 e. The summed E-state index contributed by atoms with van der Waals surface area (Å²) in [6, 6.07) is 4.05. The summed E-state index contributed by atoms with van der Waals surface area (Å²) >= 11 is 0. The fraction of sp³-hybridized carbons (Fsp3) is 0.500. The van der Waals surface area contributed by atoms with Crippen LogP contribution in [0.4, 0.5) is 0 Å². The van der Waals surface area contributed by atoms with Crippen molar-refractivity contribution >= 4 is 5.91 Å². The van der Waals surface area contributed by atoms with E-state index in [4.69, 9.17) is 4.42 Å². The monoisotopic (exact) mass is 313 g/mol. The van der Waals surface area contributed by atoms with Gasteiger partial charge in [-0.2, -0.15) is 0 Å². The molecule has 0 bridgehead atoms. The molecule has 2 aromatic heterocycles. The van der Waals surface area contributed by atoms with Crippen LogP contribution in [-0.4, -0.2) is 21.9 Å². The molecular weight excluding hydrogens is 290 g/mol.